The minimum atomic E-state index is -0.668. The van der Waals surface area contributed by atoms with Crippen molar-refractivity contribution in [3.05, 3.63) is 0 Å². The standard InChI is InChI=1S/C12H15NO7/c1-2-9(14)19-7-3-17-12-8(4-18-11(7)12)20-10(15)5-16-6-13/h7-8,11-12H,2-5H2,1H3/t7-,8-,11-,12-/m1/s1. The van der Waals surface area contributed by atoms with Gasteiger partial charge in [0.15, 0.2) is 18.8 Å². The van der Waals surface area contributed by atoms with Crippen LogP contribution in [0.15, 0.2) is 0 Å². The number of carbonyl (C=O) groups is 2. The highest BCUT2D eigenvalue weighted by Crippen LogP contribution is 2.30. The van der Waals surface area contributed by atoms with Crippen LogP contribution in [-0.2, 0) is 33.3 Å². The molecule has 8 heteroatoms. The number of hydrogen-bond acceptors (Lipinski definition) is 8. The largest absolute Gasteiger partial charge is 0.457 e. The minimum Gasteiger partial charge on any atom is -0.457 e. The van der Waals surface area contributed by atoms with Crippen LogP contribution in [0.5, 0.6) is 0 Å². The van der Waals surface area contributed by atoms with Gasteiger partial charge in [-0.3, -0.25) is 4.79 Å². The number of carbonyl (C=O) groups excluding carboxylic acids is 2. The van der Waals surface area contributed by atoms with Crippen molar-refractivity contribution in [3.63, 3.8) is 0 Å². The van der Waals surface area contributed by atoms with Crippen molar-refractivity contribution < 1.29 is 33.3 Å². The van der Waals surface area contributed by atoms with Crippen molar-refractivity contribution in [1.82, 2.24) is 0 Å². The summed E-state index contributed by atoms with van der Waals surface area (Å²) in [6.07, 6.45) is -0.296. The lowest BCUT2D eigenvalue weighted by molar-refractivity contribution is -0.157. The van der Waals surface area contributed by atoms with E-state index in [1.54, 1.807) is 6.92 Å². The summed E-state index contributed by atoms with van der Waals surface area (Å²) in [5.74, 6) is -0.996. The molecule has 0 aromatic heterocycles. The Balaban J connectivity index is 1.84. The Hall–Kier alpha value is -1.85. The van der Waals surface area contributed by atoms with Crippen molar-refractivity contribution in [2.75, 3.05) is 19.8 Å². The molecule has 0 unspecified atom stereocenters. The zero-order chi connectivity index (χ0) is 14.5. The summed E-state index contributed by atoms with van der Waals surface area (Å²) < 4.78 is 25.5. The number of nitriles is 1. The maximum Gasteiger partial charge on any atom is 0.345 e. The molecule has 2 saturated heterocycles. The van der Waals surface area contributed by atoms with Gasteiger partial charge in [-0.2, -0.15) is 5.26 Å². The topological polar surface area (TPSA) is 104 Å². The summed E-state index contributed by atoms with van der Waals surface area (Å²) in [4.78, 5) is 22.6. The first-order valence-electron chi connectivity index (χ1n) is 6.28. The fourth-order valence-electron chi connectivity index (χ4n) is 2.18. The second kappa shape index (κ2) is 6.54. The molecule has 20 heavy (non-hydrogen) atoms. The van der Waals surface area contributed by atoms with Crippen LogP contribution in [0, 0.1) is 11.5 Å². The summed E-state index contributed by atoms with van der Waals surface area (Å²) in [6, 6.07) is 0. The molecular formula is C12H15NO7. The summed E-state index contributed by atoms with van der Waals surface area (Å²) in [7, 11) is 0. The van der Waals surface area contributed by atoms with Crippen molar-refractivity contribution >= 4 is 11.9 Å². The zero-order valence-corrected chi connectivity index (χ0v) is 10.9. The van der Waals surface area contributed by atoms with Crippen LogP contribution in [0.4, 0.5) is 0 Å². The number of rotatable bonds is 5. The van der Waals surface area contributed by atoms with E-state index in [4.69, 9.17) is 24.2 Å². The van der Waals surface area contributed by atoms with E-state index in [0.717, 1.165) is 0 Å². The third-order valence-electron chi connectivity index (χ3n) is 3.07. The van der Waals surface area contributed by atoms with E-state index >= 15 is 0 Å². The lowest BCUT2D eigenvalue weighted by Gasteiger charge is -2.16. The lowest BCUT2D eigenvalue weighted by atomic mass is 10.1. The summed E-state index contributed by atoms with van der Waals surface area (Å²) in [5.41, 5.74) is 0. The molecule has 8 nitrogen and oxygen atoms in total. The molecule has 0 radical (unpaired) electrons. The molecule has 0 bridgehead atoms. The fourth-order valence-corrected chi connectivity index (χ4v) is 2.18. The lowest BCUT2D eigenvalue weighted by Crippen LogP contribution is -2.36. The monoisotopic (exact) mass is 285 g/mol. The van der Waals surface area contributed by atoms with E-state index in [1.807, 2.05) is 0 Å². The van der Waals surface area contributed by atoms with Crippen LogP contribution in [-0.4, -0.2) is 56.2 Å². The highest BCUT2D eigenvalue weighted by Gasteiger charge is 2.51. The van der Waals surface area contributed by atoms with Gasteiger partial charge in [-0.25, -0.2) is 4.79 Å². The Bertz CT molecular complexity index is 419. The molecule has 4 atom stereocenters. The molecule has 2 aliphatic heterocycles. The van der Waals surface area contributed by atoms with Crippen LogP contribution in [0.3, 0.4) is 0 Å². The third-order valence-corrected chi connectivity index (χ3v) is 3.07. The molecule has 110 valence electrons. The van der Waals surface area contributed by atoms with Crippen LogP contribution >= 0.6 is 0 Å². The molecule has 0 spiro atoms. The van der Waals surface area contributed by atoms with Crippen molar-refractivity contribution in [2.24, 2.45) is 0 Å². The Kier molecular flexibility index (Phi) is 4.76. The summed E-state index contributed by atoms with van der Waals surface area (Å²) in [5, 5.41) is 8.19. The molecule has 2 fully saturated rings. The normalized spacial score (nSPS) is 31.2. The second-order valence-corrected chi connectivity index (χ2v) is 4.39. The van der Waals surface area contributed by atoms with Gasteiger partial charge in [-0.05, 0) is 0 Å². The highest BCUT2D eigenvalue weighted by atomic mass is 16.7. The highest BCUT2D eigenvalue weighted by molar-refractivity contribution is 5.71. The first-order valence-corrected chi connectivity index (χ1v) is 6.28. The molecule has 2 aliphatic rings. The number of esters is 2. The quantitative estimate of drug-likeness (QED) is 0.492. The molecule has 0 aliphatic carbocycles. The van der Waals surface area contributed by atoms with Gasteiger partial charge in [0.25, 0.3) is 6.26 Å². The average Bonchev–Trinajstić information content (AvgIpc) is 3.00. The Morgan fingerprint density at radius 2 is 1.70 bits per heavy atom. The Morgan fingerprint density at radius 3 is 2.20 bits per heavy atom. The van der Waals surface area contributed by atoms with Gasteiger partial charge in [0, 0.05) is 6.42 Å². The van der Waals surface area contributed by atoms with Crippen LogP contribution < -0.4 is 0 Å². The molecular weight excluding hydrogens is 270 g/mol. The number of ether oxygens (including phenoxy) is 5. The SMILES string of the molecule is CCC(=O)O[C@@H]1CO[C@H]2[C@@H]1OC[C@H]2OC(=O)COC#N. The zero-order valence-electron chi connectivity index (χ0n) is 10.9. The van der Waals surface area contributed by atoms with E-state index in [9.17, 15) is 9.59 Å². The molecule has 2 rings (SSSR count). The van der Waals surface area contributed by atoms with E-state index in [1.165, 1.54) is 6.26 Å². The smallest absolute Gasteiger partial charge is 0.345 e. The molecule has 0 amide bonds. The maximum absolute atomic E-state index is 11.4. The minimum absolute atomic E-state index is 0.161. The van der Waals surface area contributed by atoms with Gasteiger partial charge >= 0.3 is 11.9 Å². The molecule has 0 N–H and O–H groups in total. The van der Waals surface area contributed by atoms with Crippen LogP contribution in [0.25, 0.3) is 0 Å². The van der Waals surface area contributed by atoms with Gasteiger partial charge in [0.2, 0.25) is 0 Å². The maximum atomic E-state index is 11.4. The second-order valence-electron chi connectivity index (χ2n) is 4.39. The predicted molar refractivity (Wildman–Crippen MR) is 61.1 cm³/mol. The molecule has 0 aromatic carbocycles. The molecule has 2 heterocycles. The third kappa shape index (κ3) is 3.18. The predicted octanol–water partition coefficient (Wildman–Crippen LogP) is -0.485. The van der Waals surface area contributed by atoms with Gasteiger partial charge in [0.05, 0.1) is 13.2 Å². The van der Waals surface area contributed by atoms with E-state index < -0.39 is 37.0 Å². The first-order chi connectivity index (χ1) is 9.65. The van der Waals surface area contributed by atoms with Crippen LogP contribution in [0.1, 0.15) is 13.3 Å². The van der Waals surface area contributed by atoms with Gasteiger partial charge in [-0.15, -0.1) is 0 Å². The van der Waals surface area contributed by atoms with Crippen LogP contribution in [0.2, 0.25) is 0 Å². The molecule has 0 saturated carbocycles. The number of nitrogens with zero attached hydrogens (tertiary/aromatic N) is 1. The molecule has 0 aromatic rings. The van der Waals surface area contributed by atoms with Crippen molar-refractivity contribution in [2.45, 2.75) is 37.8 Å². The summed E-state index contributed by atoms with van der Waals surface area (Å²) in [6.45, 7) is 1.63. The number of fused-ring (bicyclic) bond motifs is 1. The van der Waals surface area contributed by atoms with E-state index in [0.29, 0.717) is 0 Å². The van der Waals surface area contributed by atoms with Crippen molar-refractivity contribution in [3.8, 4) is 6.26 Å². The van der Waals surface area contributed by atoms with Gasteiger partial charge in [-0.1, -0.05) is 6.92 Å². The first kappa shape index (κ1) is 14.6. The summed E-state index contributed by atoms with van der Waals surface area (Å²) >= 11 is 0. The van der Waals surface area contributed by atoms with E-state index in [-0.39, 0.29) is 25.6 Å². The van der Waals surface area contributed by atoms with Crippen molar-refractivity contribution in [1.29, 1.82) is 5.26 Å². The van der Waals surface area contributed by atoms with Gasteiger partial charge in [0.1, 0.15) is 12.2 Å². The van der Waals surface area contributed by atoms with Gasteiger partial charge < -0.3 is 23.7 Å². The average molecular weight is 285 g/mol. The number of hydrogen-bond donors (Lipinski definition) is 0. The Morgan fingerprint density at radius 1 is 1.15 bits per heavy atom. The van der Waals surface area contributed by atoms with E-state index in [2.05, 4.69) is 4.74 Å². The Labute approximate surface area is 115 Å². The fraction of sp³-hybridized carbons (Fsp3) is 0.750.